The molecule has 0 unspecified atom stereocenters. The van der Waals surface area contributed by atoms with Gasteiger partial charge >= 0.3 is 0 Å². The molecule has 3 rings (SSSR count). The molecule has 2 aromatic carbocycles. The van der Waals surface area contributed by atoms with E-state index in [-0.39, 0.29) is 5.82 Å². The molecule has 0 saturated heterocycles. The van der Waals surface area contributed by atoms with Crippen LogP contribution >= 0.6 is 23.2 Å². The van der Waals surface area contributed by atoms with Gasteiger partial charge in [-0.1, -0.05) is 41.4 Å². The van der Waals surface area contributed by atoms with Crippen molar-refractivity contribution in [3.05, 3.63) is 63.9 Å². The van der Waals surface area contributed by atoms with Crippen molar-refractivity contribution in [1.82, 2.24) is 0 Å². The number of hydrogen-bond acceptors (Lipinski definition) is 1. The minimum absolute atomic E-state index is 0.279. The van der Waals surface area contributed by atoms with Crippen molar-refractivity contribution < 1.29 is 4.39 Å². The van der Waals surface area contributed by atoms with Crippen molar-refractivity contribution in [2.24, 2.45) is 0 Å². The highest BCUT2D eigenvalue weighted by Crippen LogP contribution is 2.41. The summed E-state index contributed by atoms with van der Waals surface area (Å²) in [7, 11) is 0. The van der Waals surface area contributed by atoms with Crippen molar-refractivity contribution in [2.75, 3.05) is 5.32 Å². The van der Waals surface area contributed by atoms with Gasteiger partial charge in [-0.05, 0) is 48.6 Å². The van der Waals surface area contributed by atoms with E-state index in [4.69, 9.17) is 23.2 Å². The first-order chi connectivity index (χ1) is 9.63. The number of rotatable bonds is 3. The quantitative estimate of drug-likeness (QED) is 0.790. The van der Waals surface area contributed by atoms with Crippen molar-refractivity contribution in [3.63, 3.8) is 0 Å². The maximum atomic E-state index is 13.2. The van der Waals surface area contributed by atoms with Gasteiger partial charge in [-0.2, -0.15) is 0 Å². The first-order valence-corrected chi connectivity index (χ1v) is 7.35. The lowest BCUT2D eigenvalue weighted by Crippen LogP contribution is -2.34. The monoisotopic (exact) mass is 309 g/mol. The van der Waals surface area contributed by atoms with E-state index in [9.17, 15) is 4.39 Å². The Morgan fingerprint density at radius 2 is 1.75 bits per heavy atom. The Morgan fingerprint density at radius 3 is 2.50 bits per heavy atom. The first-order valence-electron chi connectivity index (χ1n) is 6.59. The van der Waals surface area contributed by atoms with Crippen LogP contribution in [0.3, 0.4) is 0 Å². The van der Waals surface area contributed by atoms with E-state index < -0.39 is 0 Å². The summed E-state index contributed by atoms with van der Waals surface area (Å²) >= 11 is 12.2. The summed E-state index contributed by atoms with van der Waals surface area (Å²) in [5.41, 5.74) is 1.85. The third-order valence-electron chi connectivity index (χ3n) is 3.77. The molecular weight excluding hydrogens is 296 g/mol. The van der Waals surface area contributed by atoms with Crippen molar-refractivity contribution in [3.8, 4) is 0 Å². The molecule has 1 N–H and O–H groups in total. The maximum Gasteiger partial charge on any atom is 0.125 e. The summed E-state index contributed by atoms with van der Waals surface area (Å²) in [5, 5.41) is 4.66. The summed E-state index contributed by atoms with van der Waals surface area (Å²) in [6, 6.07) is 12.6. The minimum Gasteiger partial charge on any atom is -0.381 e. The fraction of sp³-hybridized carbons (Fsp3) is 0.250. The topological polar surface area (TPSA) is 12.0 Å². The van der Waals surface area contributed by atoms with Crippen LogP contribution in [0.5, 0.6) is 0 Å². The zero-order valence-electron chi connectivity index (χ0n) is 10.7. The second-order valence-corrected chi connectivity index (χ2v) is 5.97. The Hall–Kier alpha value is -1.25. The van der Waals surface area contributed by atoms with Gasteiger partial charge in [-0.15, -0.1) is 0 Å². The van der Waals surface area contributed by atoms with Crippen LogP contribution in [0.4, 0.5) is 10.1 Å². The van der Waals surface area contributed by atoms with Gasteiger partial charge in [-0.3, -0.25) is 0 Å². The summed E-state index contributed by atoms with van der Waals surface area (Å²) < 4.78 is 13.2. The molecular formula is C16H14Cl2FN. The predicted octanol–water partition coefficient (Wildman–Crippen LogP) is 5.49. The first kappa shape index (κ1) is 13.7. The van der Waals surface area contributed by atoms with Crippen molar-refractivity contribution in [2.45, 2.75) is 24.8 Å². The molecule has 1 nitrogen and oxygen atoms in total. The van der Waals surface area contributed by atoms with Crippen LogP contribution in [0.25, 0.3) is 0 Å². The van der Waals surface area contributed by atoms with E-state index in [1.807, 2.05) is 18.2 Å². The molecule has 0 bridgehead atoms. The Labute approximate surface area is 127 Å². The lowest BCUT2D eigenvalue weighted by molar-refractivity contribution is 0.374. The fourth-order valence-corrected chi connectivity index (χ4v) is 3.09. The molecule has 20 heavy (non-hydrogen) atoms. The van der Waals surface area contributed by atoms with Gasteiger partial charge in [0.2, 0.25) is 0 Å². The number of nitrogens with one attached hydrogen (secondary N) is 1. The second kappa shape index (κ2) is 5.63. The van der Waals surface area contributed by atoms with E-state index in [1.165, 1.54) is 17.7 Å². The molecule has 0 aromatic heterocycles. The van der Waals surface area contributed by atoms with Gasteiger partial charge < -0.3 is 5.32 Å². The Balaban J connectivity index is 1.64. The van der Waals surface area contributed by atoms with Gasteiger partial charge in [0.25, 0.3) is 0 Å². The Morgan fingerprint density at radius 1 is 1.00 bits per heavy atom. The highest BCUT2D eigenvalue weighted by molar-refractivity contribution is 6.33. The smallest absolute Gasteiger partial charge is 0.125 e. The zero-order valence-corrected chi connectivity index (χ0v) is 12.3. The number of hydrogen-bond donors (Lipinski definition) is 1. The highest BCUT2D eigenvalue weighted by atomic mass is 35.5. The molecule has 4 heteroatoms. The molecule has 0 radical (unpaired) electrons. The summed E-state index contributed by atoms with van der Waals surface area (Å²) in [5.74, 6) is 0.187. The van der Waals surface area contributed by atoms with Crippen LogP contribution in [0.1, 0.15) is 24.3 Å². The van der Waals surface area contributed by atoms with Gasteiger partial charge in [0.15, 0.2) is 0 Å². The molecule has 0 atom stereocenters. The molecule has 1 fully saturated rings. The molecule has 0 aliphatic heterocycles. The van der Waals surface area contributed by atoms with Gasteiger partial charge in [0.05, 0.1) is 10.7 Å². The Kier molecular flexibility index (Phi) is 3.86. The fourth-order valence-electron chi connectivity index (χ4n) is 2.62. The van der Waals surface area contributed by atoms with E-state index in [1.54, 1.807) is 6.07 Å². The molecule has 2 aromatic rings. The van der Waals surface area contributed by atoms with Crippen molar-refractivity contribution >= 4 is 28.9 Å². The van der Waals surface area contributed by atoms with Crippen LogP contribution < -0.4 is 5.32 Å². The SMILES string of the molecule is Fc1ccc(Cl)c(NC2CC(c3ccccc3Cl)C2)c1. The highest BCUT2D eigenvalue weighted by Gasteiger charge is 2.31. The van der Waals surface area contributed by atoms with Crippen LogP contribution in [-0.2, 0) is 0 Å². The molecule has 0 amide bonds. The zero-order chi connectivity index (χ0) is 14.1. The third kappa shape index (κ3) is 2.77. The van der Waals surface area contributed by atoms with E-state index >= 15 is 0 Å². The molecule has 1 saturated carbocycles. The average Bonchev–Trinajstić information content (AvgIpc) is 2.38. The summed E-state index contributed by atoms with van der Waals surface area (Å²) in [6.45, 7) is 0. The van der Waals surface area contributed by atoms with Gasteiger partial charge in [0.1, 0.15) is 5.82 Å². The minimum atomic E-state index is -0.279. The third-order valence-corrected chi connectivity index (χ3v) is 4.44. The lowest BCUT2D eigenvalue weighted by atomic mass is 9.76. The molecule has 0 heterocycles. The standard InChI is InChI=1S/C16H14Cl2FN/c17-14-4-2-1-3-13(14)10-7-12(8-10)20-16-9-11(19)5-6-15(16)18/h1-6,9-10,12,20H,7-8H2. The molecule has 104 valence electrons. The number of anilines is 1. The van der Waals surface area contributed by atoms with Crippen LogP contribution in [0, 0.1) is 5.82 Å². The van der Waals surface area contributed by atoms with E-state index in [2.05, 4.69) is 11.4 Å². The van der Waals surface area contributed by atoms with E-state index in [0.29, 0.717) is 22.7 Å². The summed E-state index contributed by atoms with van der Waals surface area (Å²) in [6.07, 6.45) is 1.97. The molecule has 1 aliphatic rings. The van der Waals surface area contributed by atoms with Crippen LogP contribution in [-0.4, -0.2) is 6.04 Å². The number of benzene rings is 2. The summed E-state index contributed by atoms with van der Waals surface area (Å²) in [4.78, 5) is 0. The molecule has 1 aliphatic carbocycles. The number of halogens is 3. The van der Waals surface area contributed by atoms with Gasteiger partial charge in [0, 0.05) is 11.1 Å². The second-order valence-electron chi connectivity index (χ2n) is 5.16. The largest absolute Gasteiger partial charge is 0.381 e. The van der Waals surface area contributed by atoms with E-state index in [0.717, 1.165) is 17.9 Å². The van der Waals surface area contributed by atoms with Crippen molar-refractivity contribution in [1.29, 1.82) is 0 Å². The van der Waals surface area contributed by atoms with Crippen LogP contribution in [0.2, 0.25) is 10.0 Å². The lowest BCUT2D eigenvalue weighted by Gasteiger charge is -2.37. The maximum absolute atomic E-state index is 13.2. The molecule has 0 spiro atoms. The van der Waals surface area contributed by atoms with Gasteiger partial charge in [-0.25, -0.2) is 4.39 Å². The average molecular weight is 310 g/mol. The predicted molar refractivity (Wildman–Crippen MR) is 82.2 cm³/mol. The van der Waals surface area contributed by atoms with Crippen LogP contribution in [0.15, 0.2) is 42.5 Å². The normalized spacial score (nSPS) is 21.4. The Bertz CT molecular complexity index is 624.